The molecule has 7 heteroatoms. The van der Waals surface area contributed by atoms with Gasteiger partial charge in [-0.3, -0.25) is 0 Å². The van der Waals surface area contributed by atoms with Crippen molar-refractivity contribution >= 4 is 0 Å². The molecule has 3 aromatic rings. The normalized spacial score (nSPS) is 16.8. The Morgan fingerprint density at radius 3 is 2.61 bits per heavy atom. The van der Waals surface area contributed by atoms with E-state index in [-0.39, 0.29) is 0 Å². The van der Waals surface area contributed by atoms with Crippen LogP contribution >= 0.6 is 0 Å². The maximum absolute atomic E-state index is 6.03. The molecular weight excluding hydrogens is 414 g/mol. The predicted octanol–water partition coefficient (Wildman–Crippen LogP) is 5.70. The number of hydrogen-bond acceptors (Lipinski definition) is 6. The van der Waals surface area contributed by atoms with Gasteiger partial charge in [-0.2, -0.15) is 5.10 Å². The molecule has 0 saturated carbocycles. The van der Waals surface area contributed by atoms with Crippen molar-refractivity contribution in [3.05, 3.63) is 48.4 Å². The highest BCUT2D eigenvalue weighted by atomic mass is 16.5. The van der Waals surface area contributed by atoms with Crippen molar-refractivity contribution in [2.75, 3.05) is 26.7 Å². The largest absolute Gasteiger partial charge is 0.493 e. The summed E-state index contributed by atoms with van der Waals surface area (Å²) >= 11 is 0. The number of hydrogen-bond donors (Lipinski definition) is 0. The minimum atomic E-state index is 0.351. The molecule has 3 heterocycles. The molecule has 1 saturated heterocycles. The minimum absolute atomic E-state index is 0.351. The Hall–Kier alpha value is -2.93. The number of para-hydroxylation sites is 2. The summed E-state index contributed by atoms with van der Waals surface area (Å²) in [7, 11) is 1.63. The smallest absolute Gasteiger partial charge is 0.220 e. The molecule has 1 fully saturated rings. The molecule has 0 radical (unpaired) electrons. The zero-order valence-electron chi connectivity index (χ0n) is 20.2. The van der Waals surface area contributed by atoms with Gasteiger partial charge in [-0.15, -0.1) is 0 Å². The molecule has 0 aliphatic carbocycles. The van der Waals surface area contributed by atoms with Gasteiger partial charge in [-0.25, -0.2) is 14.6 Å². The van der Waals surface area contributed by atoms with E-state index in [0.717, 1.165) is 49.6 Å². The number of nitrogens with zero attached hydrogens (tertiary/aromatic N) is 5. The number of aromatic nitrogens is 4. The summed E-state index contributed by atoms with van der Waals surface area (Å²) in [4.78, 5) is 12.0. The maximum atomic E-state index is 6.03. The van der Waals surface area contributed by atoms with Gasteiger partial charge in [0.05, 0.1) is 13.2 Å². The number of rotatable bonds is 9. The van der Waals surface area contributed by atoms with E-state index < -0.39 is 0 Å². The Morgan fingerprint density at radius 2 is 1.88 bits per heavy atom. The van der Waals surface area contributed by atoms with Crippen LogP contribution in [0.25, 0.3) is 11.4 Å². The van der Waals surface area contributed by atoms with Crippen LogP contribution in [0.15, 0.2) is 42.6 Å². The molecule has 176 valence electrons. The average Bonchev–Trinajstić information content (AvgIpc) is 3.31. The highest BCUT2D eigenvalue weighted by Crippen LogP contribution is 2.33. The van der Waals surface area contributed by atoms with E-state index in [2.05, 4.69) is 35.3 Å². The van der Waals surface area contributed by atoms with Crippen LogP contribution in [0.1, 0.15) is 64.2 Å². The van der Waals surface area contributed by atoms with Crippen LogP contribution in [0.2, 0.25) is 0 Å². The average molecular weight is 450 g/mol. The van der Waals surface area contributed by atoms with Gasteiger partial charge in [-0.05, 0) is 57.0 Å². The van der Waals surface area contributed by atoms with Crippen molar-refractivity contribution in [3.63, 3.8) is 0 Å². The molecule has 4 rings (SSSR count). The number of likely N-dealkylation sites (tertiary alicyclic amines) is 1. The quantitative estimate of drug-likeness (QED) is 0.417. The maximum Gasteiger partial charge on any atom is 0.220 e. The summed E-state index contributed by atoms with van der Waals surface area (Å²) in [5.74, 6) is 4.04. The zero-order valence-corrected chi connectivity index (χ0v) is 20.2. The van der Waals surface area contributed by atoms with Crippen molar-refractivity contribution in [2.45, 2.75) is 58.4 Å². The summed E-state index contributed by atoms with van der Waals surface area (Å²) in [6, 6.07) is 11.8. The molecule has 0 spiro atoms. The van der Waals surface area contributed by atoms with E-state index in [1.54, 1.807) is 13.3 Å². The standard InChI is InChI=1S/C26H35N5O2/c1-5-21(6-2)31-26(20-11-10-16-30(7-3)18-20)28-25(29-31)19-14-15-27-24(17-19)33-23-13-9-8-12-22(23)32-4/h8-9,12-15,17,20-21H,5-7,10-11,16,18H2,1-4H3. The lowest BCUT2D eigenvalue weighted by Crippen LogP contribution is -2.35. The number of likely N-dealkylation sites (N-methyl/N-ethyl adjacent to an activating group) is 1. The van der Waals surface area contributed by atoms with E-state index in [4.69, 9.17) is 19.6 Å². The number of benzene rings is 1. The first-order valence-corrected chi connectivity index (χ1v) is 12.1. The molecule has 33 heavy (non-hydrogen) atoms. The second-order valence-corrected chi connectivity index (χ2v) is 8.58. The number of ether oxygens (including phenoxy) is 2. The summed E-state index contributed by atoms with van der Waals surface area (Å²) in [5.41, 5.74) is 0.906. The first kappa shape index (κ1) is 23.2. The molecule has 7 nitrogen and oxygen atoms in total. The van der Waals surface area contributed by atoms with Gasteiger partial charge >= 0.3 is 0 Å². The van der Waals surface area contributed by atoms with Crippen molar-refractivity contribution < 1.29 is 9.47 Å². The van der Waals surface area contributed by atoms with Crippen LogP contribution in [-0.2, 0) is 0 Å². The molecule has 1 aliphatic rings. The molecule has 1 aliphatic heterocycles. The van der Waals surface area contributed by atoms with Crippen molar-refractivity contribution in [3.8, 4) is 28.8 Å². The van der Waals surface area contributed by atoms with E-state index in [1.807, 2.05) is 36.4 Å². The minimum Gasteiger partial charge on any atom is -0.493 e. The van der Waals surface area contributed by atoms with Crippen LogP contribution in [0.4, 0.5) is 0 Å². The van der Waals surface area contributed by atoms with Gasteiger partial charge < -0.3 is 14.4 Å². The second-order valence-electron chi connectivity index (χ2n) is 8.58. The zero-order chi connectivity index (χ0) is 23.2. The Labute approximate surface area is 196 Å². The third kappa shape index (κ3) is 5.19. The van der Waals surface area contributed by atoms with Gasteiger partial charge in [0, 0.05) is 30.3 Å². The lowest BCUT2D eigenvalue weighted by atomic mass is 9.96. The van der Waals surface area contributed by atoms with Gasteiger partial charge in [0.2, 0.25) is 5.88 Å². The monoisotopic (exact) mass is 449 g/mol. The highest BCUT2D eigenvalue weighted by molar-refractivity contribution is 5.56. The lowest BCUT2D eigenvalue weighted by molar-refractivity contribution is 0.208. The van der Waals surface area contributed by atoms with E-state index in [9.17, 15) is 0 Å². The summed E-state index contributed by atoms with van der Waals surface area (Å²) in [6.45, 7) is 9.99. The predicted molar refractivity (Wildman–Crippen MR) is 130 cm³/mol. The summed E-state index contributed by atoms with van der Waals surface area (Å²) in [6.07, 6.45) is 6.18. The SMILES string of the molecule is CCC(CC)n1nc(-c2ccnc(Oc3ccccc3OC)c2)nc1C1CCCN(CC)C1. The van der Waals surface area contributed by atoms with Crippen LogP contribution in [0.3, 0.4) is 0 Å². The third-order valence-corrected chi connectivity index (χ3v) is 6.54. The molecule has 1 atom stereocenters. The number of pyridine rings is 1. The molecule has 1 unspecified atom stereocenters. The van der Waals surface area contributed by atoms with Crippen LogP contribution < -0.4 is 9.47 Å². The van der Waals surface area contributed by atoms with E-state index in [0.29, 0.717) is 29.3 Å². The topological polar surface area (TPSA) is 65.3 Å². The van der Waals surface area contributed by atoms with Gasteiger partial charge in [0.25, 0.3) is 0 Å². The molecule has 2 aromatic heterocycles. The van der Waals surface area contributed by atoms with Gasteiger partial charge in [0.1, 0.15) is 5.82 Å². The fourth-order valence-corrected chi connectivity index (χ4v) is 4.61. The molecule has 0 N–H and O–H groups in total. The number of methoxy groups -OCH3 is 1. The summed E-state index contributed by atoms with van der Waals surface area (Å²) in [5, 5.41) is 5.01. The third-order valence-electron chi connectivity index (χ3n) is 6.54. The molecular formula is C26H35N5O2. The molecule has 1 aromatic carbocycles. The first-order valence-electron chi connectivity index (χ1n) is 12.1. The van der Waals surface area contributed by atoms with E-state index in [1.165, 1.54) is 13.0 Å². The Kier molecular flexibility index (Phi) is 7.60. The van der Waals surface area contributed by atoms with Crippen LogP contribution in [-0.4, -0.2) is 51.4 Å². The Bertz CT molecular complexity index is 1050. The highest BCUT2D eigenvalue weighted by Gasteiger charge is 2.28. The van der Waals surface area contributed by atoms with Crippen molar-refractivity contribution in [1.82, 2.24) is 24.6 Å². The molecule has 0 bridgehead atoms. The second kappa shape index (κ2) is 10.8. The van der Waals surface area contributed by atoms with Crippen molar-refractivity contribution in [1.29, 1.82) is 0 Å². The van der Waals surface area contributed by atoms with Crippen LogP contribution in [0.5, 0.6) is 17.4 Å². The lowest BCUT2D eigenvalue weighted by Gasteiger charge is -2.32. The Morgan fingerprint density at radius 1 is 1.09 bits per heavy atom. The number of piperidine rings is 1. The van der Waals surface area contributed by atoms with Gasteiger partial charge in [-0.1, -0.05) is 32.9 Å². The van der Waals surface area contributed by atoms with Crippen molar-refractivity contribution in [2.24, 2.45) is 0 Å². The van der Waals surface area contributed by atoms with E-state index >= 15 is 0 Å². The van der Waals surface area contributed by atoms with Gasteiger partial charge in [0.15, 0.2) is 17.3 Å². The summed E-state index contributed by atoms with van der Waals surface area (Å²) < 4.78 is 13.6. The first-order chi connectivity index (χ1) is 16.2. The Balaban J connectivity index is 1.67. The molecule has 0 amide bonds. The van der Waals surface area contributed by atoms with Crippen LogP contribution in [0, 0.1) is 0 Å². The fraction of sp³-hybridized carbons (Fsp3) is 0.500. The fourth-order valence-electron chi connectivity index (χ4n) is 4.61.